The highest BCUT2D eigenvalue weighted by molar-refractivity contribution is 7.10. The number of aromatic nitrogens is 4. The van der Waals surface area contributed by atoms with Gasteiger partial charge in [-0.05, 0) is 62.3 Å². The van der Waals surface area contributed by atoms with Gasteiger partial charge in [0.25, 0.3) is 0 Å². The second-order valence-electron chi connectivity index (χ2n) is 10.2. The SMILES string of the molecule is Cc1cc(N2C[C@H]3[C@H](Nc4nc(Oc5ccccc5OC(F)(F)F)n(C(C)C)n4)C4C(C)C43C2)sn1. The summed E-state index contributed by atoms with van der Waals surface area (Å²) < 4.78 is 54.5. The predicted molar refractivity (Wildman–Crippen MR) is 129 cm³/mol. The lowest BCUT2D eigenvalue weighted by molar-refractivity contribution is -0.275. The molecule has 0 amide bonds. The highest BCUT2D eigenvalue weighted by Gasteiger charge is 2.81. The van der Waals surface area contributed by atoms with Crippen molar-refractivity contribution in [3.8, 4) is 17.5 Å². The van der Waals surface area contributed by atoms with Crippen LogP contribution in [0.4, 0.5) is 24.1 Å². The molecule has 8 nitrogen and oxygen atoms in total. The van der Waals surface area contributed by atoms with Gasteiger partial charge in [-0.3, -0.25) is 0 Å². The van der Waals surface area contributed by atoms with Gasteiger partial charge in [-0.25, -0.2) is 4.68 Å². The van der Waals surface area contributed by atoms with Crippen molar-refractivity contribution in [1.82, 2.24) is 19.1 Å². The normalized spacial score (nSPS) is 28.5. The smallest absolute Gasteiger partial charge is 0.420 e. The summed E-state index contributed by atoms with van der Waals surface area (Å²) in [6.07, 6.45) is -4.83. The fourth-order valence-corrected chi connectivity index (χ4v) is 7.06. The van der Waals surface area contributed by atoms with Crippen molar-refractivity contribution in [3.05, 3.63) is 36.0 Å². The summed E-state index contributed by atoms with van der Waals surface area (Å²) in [5.41, 5.74) is 1.36. The first-order chi connectivity index (χ1) is 17.1. The standard InChI is InChI=1S/C24H27F3N6O2S/c1-12(2)33-22(34-16-7-5-6-8-17(16)35-24(25,26)27)29-21(30-33)28-20-15-10-32(18-9-13(3)31-36-18)11-23(15)14(4)19(20)23/h5-9,12,14-15,19-20H,10-11H2,1-4H3,(H,28,30)/t14?,15-,19?,20-,23?/m0/s1. The summed E-state index contributed by atoms with van der Waals surface area (Å²) in [4.78, 5) is 6.96. The highest BCUT2D eigenvalue weighted by Crippen LogP contribution is 2.78. The molecule has 3 aliphatic rings. The monoisotopic (exact) mass is 520 g/mol. The first-order valence-corrected chi connectivity index (χ1v) is 12.8. The zero-order valence-electron chi connectivity index (χ0n) is 20.3. The molecule has 1 saturated heterocycles. The third kappa shape index (κ3) is 3.68. The first-order valence-electron chi connectivity index (χ1n) is 12.0. The minimum absolute atomic E-state index is 0.0829. The van der Waals surface area contributed by atoms with Gasteiger partial charge in [-0.1, -0.05) is 19.1 Å². The summed E-state index contributed by atoms with van der Waals surface area (Å²) in [6.45, 7) is 10.1. The van der Waals surface area contributed by atoms with E-state index >= 15 is 0 Å². The third-order valence-corrected chi connectivity index (χ3v) is 8.82. The van der Waals surface area contributed by atoms with E-state index < -0.39 is 12.1 Å². The van der Waals surface area contributed by atoms with E-state index in [-0.39, 0.29) is 23.8 Å². The van der Waals surface area contributed by atoms with Gasteiger partial charge in [0.2, 0.25) is 5.95 Å². The van der Waals surface area contributed by atoms with Crippen LogP contribution >= 0.6 is 11.5 Å². The largest absolute Gasteiger partial charge is 0.573 e. The van der Waals surface area contributed by atoms with Gasteiger partial charge < -0.3 is 19.7 Å². The molecule has 0 bridgehead atoms. The van der Waals surface area contributed by atoms with Crippen LogP contribution < -0.4 is 19.7 Å². The molecule has 1 aliphatic heterocycles. The van der Waals surface area contributed by atoms with Crippen LogP contribution in [0.15, 0.2) is 30.3 Å². The average Bonchev–Trinajstić information content (AvgIpc) is 3.25. The highest BCUT2D eigenvalue weighted by atomic mass is 32.1. The Labute approximate surface area is 210 Å². The number of hydrogen-bond donors (Lipinski definition) is 1. The molecule has 12 heteroatoms. The Kier molecular flexibility index (Phi) is 5.19. The van der Waals surface area contributed by atoms with Crippen LogP contribution in [0, 0.1) is 30.1 Å². The van der Waals surface area contributed by atoms with Crippen LogP contribution in [-0.2, 0) is 0 Å². The Balaban J connectivity index is 1.21. The number of ether oxygens (including phenoxy) is 2. The van der Waals surface area contributed by atoms with Crippen molar-refractivity contribution in [2.24, 2.45) is 23.2 Å². The predicted octanol–water partition coefficient (Wildman–Crippen LogP) is 5.50. The van der Waals surface area contributed by atoms with E-state index in [4.69, 9.17) is 4.74 Å². The lowest BCUT2D eigenvalue weighted by Crippen LogP contribution is -2.47. The van der Waals surface area contributed by atoms with Crippen molar-refractivity contribution in [2.45, 2.75) is 46.1 Å². The number of para-hydroxylation sites is 2. The first kappa shape index (κ1) is 23.4. The Bertz CT molecular complexity index is 1290. The summed E-state index contributed by atoms with van der Waals surface area (Å²) >= 11 is 1.55. The number of aryl methyl sites for hydroxylation is 1. The van der Waals surface area contributed by atoms with Crippen molar-refractivity contribution < 1.29 is 22.6 Å². The molecule has 1 aromatic carbocycles. The maximum atomic E-state index is 12.8. The number of nitrogens with zero attached hydrogens (tertiary/aromatic N) is 5. The van der Waals surface area contributed by atoms with Gasteiger partial charge >= 0.3 is 12.4 Å². The second kappa shape index (κ2) is 7.99. The van der Waals surface area contributed by atoms with E-state index in [1.54, 1.807) is 22.3 Å². The lowest BCUT2D eigenvalue weighted by Gasteiger charge is -2.38. The number of alkyl halides is 3. The van der Waals surface area contributed by atoms with Crippen LogP contribution in [-0.4, -0.2) is 44.6 Å². The van der Waals surface area contributed by atoms with Gasteiger partial charge in [0.1, 0.15) is 5.00 Å². The molecule has 1 spiro atoms. The van der Waals surface area contributed by atoms with Crippen LogP contribution in [0.2, 0.25) is 0 Å². The molecular formula is C24H27F3N6O2S. The van der Waals surface area contributed by atoms with Crippen LogP contribution in [0.25, 0.3) is 0 Å². The van der Waals surface area contributed by atoms with Crippen molar-refractivity contribution in [2.75, 3.05) is 23.3 Å². The van der Waals surface area contributed by atoms with Crippen molar-refractivity contribution >= 4 is 22.5 Å². The molecule has 1 N–H and O–H groups in total. The molecule has 3 heterocycles. The zero-order chi connectivity index (χ0) is 25.4. The Morgan fingerprint density at radius 3 is 2.64 bits per heavy atom. The Morgan fingerprint density at radius 1 is 1.22 bits per heavy atom. The molecule has 192 valence electrons. The van der Waals surface area contributed by atoms with Crippen LogP contribution in [0.1, 0.15) is 32.5 Å². The molecule has 5 atom stereocenters. The van der Waals surface area contributed by atoms with E-state index in [9.17, 15) is 13.2 Å². The van der Waals surface area contributed by atoms with Crippen molar-refractivity contribution in [1.29, 1.82) is 0 Å². The quantitative estimate of drug-likeness (QED) is 0.441. The number of benzene rings is 1. The van der Waals surface area contributed by atoms with E-state index in [1.807, 2.05) is 20.8 Å². The zero-order valence-corrected chi connectivity index (χ0v) is 21.1. The minimum atomic E-state index is -4.83. The summed E-state index contributed by atoms with van der Waals surface area (Å²) in [5, 5.41) is 9.33. The summed E-state index contributed by atoms with van der Waals surface area (Å²) in [5.74, 6) is 1.51. The van der Waals surface area contributed by atoms with Crippen LogP contribution in [0.3, 0.4) is 0 Å². The number of nitrogens with one attached hydrogen (secondary N) is 1. The number of rotatable bonds is 7. The topological polar surface area (TPSA) is 77.3 Å². The van der Waals surface area contributed by atoms with Gasteiger partial charge in [-0.15, -0.1) is 18.3 Å². The van der Waals surface area contributed by atoms with Gasteiger partial charge in [0.05, 0.1) is 11.7 Å². The number of halogens is 3. The number of hydrogen-bond acceptors (Lipinski definition) is 8. The minimum Gasteiger partial charge on any atom is -0.420 e. The molecular weight excluding hydrogens is 493 g/mol. The fraction of sp³-hybridized carbons (Fsp3) is 0.542. The third-order valence-electron chi connectivity index (χ3n) is 7.88. The van der Waals surface area contributed by atoms with E-state index in [1.165, 1.54) is 23.2 Å². The number of anilines is 2. The van der Waals surface area contributed by atoms with Gasteiger partial charge in [0.15, 0.2) is 11.5 Å². The Morgan fingerprint density at radius 2 is 1.97 bits per heavy atom. The van der Waals surface area contributed by atoms with Crippen LogP contribution in [0.5, 0.6) is 17.5 Å². The lowest BCUT2D eigenvalue weighted by atomic mass is 9.71. The molecule has 6 rings (SSSR count). The molecule has 3 unspecified atom stereocenters. The van der Waals surface area contributed by atoms with E-state index in [2.05, 4.69) is 42.4 Å². The molecule has 0 radical (unpaired) electrons. The van der Waals surface area contributed by atoms with E-state index in [0.717, 1.165) is 18.8 Å². The molecule has 36 heavy (non-hydrogen) atoms. The van der Waals surface area contributed by atoms with Crippen molar-refractivity contribution in [3.63, 3.8) is 0 Å². The fourth-order valence-electron chi connectivity index (χ4n) is 6.30. The molecule has 2 aliphatic carbocycles. The average molecular weight is 521 g/mol. The molecule has 2 aromatic heterocycles. The molecule has 3 fully saturated rings. The molecule has 2 saturated carbocycles. The maximum absolute atomic E-state index is 12.8. The molecule has 3 aromatic rings. The maximum Gasteiger partial charge on any atom is 0.573 e. The summed E-state index contributed by atoms with van der Waals surface area (Å²) in [7, 11) is 0. The van der Waals surface area contributed by atoms with E-state index in [0.29, 0.717) is 29.1 Å². The van der Waals surface area contributed by atoms with Gasteiger partial charge in [-0.2, -0.15) is 9.36 Å². The van der Waals surface area contributed by atoms with Gasteiger partial charge in [0, 0.05) is 30.5 Å². The summed E-state index contributed by atoms with van der Waals surface area (Å²) in [6, 6.07) is 8.01. The second-order valence-corrected chi connectivity index (χ2v) is 11.0. The Hall–Kier alpha value is -3.02.